The number of rotatable bonds is 21. The molecule has 1 atom stereocenters. The van der Waals surface area contributed by atoms with Crippen LogP contribution in [0.4, 0.5) is 0 Å². The van der Waals surface area contributed by atoms with Gasteiger partial charge in [-0.05, 0) is 25.7 Å². The highest BCUT2D eigenvalue weighted by molar-refractivity contribution is 4.96. The van der Waals surface area contributed by atoms with Gasteiger partial charge in [-0.1, -0.05) is 117 Å². The maximum Gasteiger partial charge on any atom is 0.101 e. The summed E-state index contributed by atoms with van der Waals surface area (Å²) in [6.07, 6.45) is 32.2. The molecular weight excluding hydrogens is 352 g/mol. The van der Waals surface area contributed by atoms with Gasteiger partial charge in [0.2, 0.25) is 0 Å². The second kappa shape index (κ2) is 19.3. The molecule has 0 saturated carbocycles. The molecule has 0 spiro atoms. The molecule has 1 aliphatic rings. The van der Waals surface area contributed by atoms with Gasteiger partial charge in [-0.25, -0.2) is 0 Å². The number of hydrogen-bond acceptors (Lipinski definition) is 2. The molecule has 1 rings (SSSR count). The van der Waals surface area contributed by atoms with Gasteiger partial charge < -0.3 is 9.80 Å². The fraction of sp³-hybridized carbons (Fsp3) is 0.926. The first-order valence-corrected chi connectivity index (χ1v) is 13.5. The van der Waals surface area contributed by atoms with Crippen LogP contribution in [0.15, 0.2) is 12.4 Å². The third-order valence-corrected chi connectivity index (χ3v) is 6.53. The Hall–Kier alpha value is -0.660. The van der Waals surface area contributed by atoms with Crippen LogP contribution in [0.3, 0.4) is 0 Å². The summed E-state index contributed by atoms with van der Waals surface area (Å²) in [6, 6.07) is 0. The van der Waals surface area contributed by atoms with Crippen molar-refractivity contribution in [3.8, 4) is 0 Å². The Morgan fingerprint density at radius 2 is 0.862 bits per heavy atom. The van der Waals surface area contributed by atoms with Crippen LogP contribution < -0.4 is 0 Å². The first kappa shape index (κ1) is 26.4. The molecular formula is C27H54N2. The third kappa shape index (κ3) is 13.3. The predicted octanol–water partition coefficient (Wildman–Crippen LogP) is 8.87. The van der Waals surface area contributed by atoms with Crippen LogP contribution in [0.25, 0.3) is 0 Å². The molecule has 29 heavy (non-hydrogen) atoms. The Labute approximate surface area is 184 Å². The van der Waals surface area contributed by atoms with Crippen LogP contribution in [0.5, 0.6) is 0 Å². The predicted molar refractivity (Wildman–Crippen MR) is 131 cm³/mol. The van der Waals surface area contributed by atoms with E-state index in [0.717, 1.165) is 0 Å². The lowest BCUT2D eigenvalue weighted by Gasteiger charge is -2.33. The second-order valence-corrected chi connectivity index (χ2v) is 9.35. The van der Waals surface area contributed by atoms with E-state index in [0.29, 0.717) is 6.17 Å². The first-order chi connectivity index (χ1) is 14.3. The van der Waals surface area contributed by atoms with Crippen LogP contribution in [0.1, 0.15) is 143 Å². The summed E-state index contributed by atoms with van der Waals surface area (Å²) >= 11 is 0. The Balaban J connectivity index is 2.06. The van der Waals surface area contributed by atoms with Crippen LogP contribution in [-0.2, 0) is 0 Å². The van der Waals surface area contributed by atoms with Gasteiger partial charge in [0.05, 0.1) is 0 Å². The van der Waals surface area contributed by atoms with Crippen molar-refractivity contribution in [2.45, 2.75) is 149 Å². The molecule has 0 aliphatic carbocycles. The highest BCUT2D eigenvalue weighted by Crippen LogP contribution is 2.23. The summed E-state index contributed by atoms with van der Waals surface area (Å²) in [6.45, 7) is 9.38. The van der Waals surface area contributed by atoms with Crippen LogP contribution in [0.2, 0.25) is 0 Å². The lowest BCUT2D eigenvalue weighted by atomic mass is 10.1. The molecule has 0 N–H and O–H groups in total. The highest BCUT2D eigenvalue weighted by Gasteiger charge is 2.24. The zero-order chi connectivity index (χ0) is 21.0. The fourth-order valence-corrected chi connectivity index (χ4v) is 4.66. The maximum absolute atomic E-state index is 2.64. The largest absolute Gasteiger partial charge is 0.356 e. The van der Waals surface area contributed by atoms with E-state index < -0.39 is 0 Å². The molecule has 1 unspecified atom stereocenters. The zero-order valence-corrected chi connectivity index (χ0v) is 20.5. The third-order valence-electron chi connectivity index (χ3n) is 6.53. The van der Waals surface area contributed by atoms with Crippen molar-refractivity contribution in [1.29, 1.82) is 0 Å². The minimum atomic E-state index is 0.643. The monoisotopic (exact) mass is 406 g/mol. The Bertz CT molecular complexity index is 366. The van der Waals surface area contributed by atoms with Gasteiger partial charge in [-0.15, -0.1) is 0 Å². The SMILES string of the molecule is CCCCCCCCCCCCCCN1C=CN(CCC)C1CCCCCCC. The second-order valence-electron chi connectivity index (χ2n) is 9.35. The maximum atomic E-state index is 2.64. The van der Waals surface area contributed by atoms with Gasteiger partial charge in [0.25, 0.3) is 0 Å². The minimum Gasteiger partial charge on any atom is -0.356 e. The quantitative estimate of drug-likeness (QED) is 0.176. The molecule has 1 heterocycles. The molecule has 0 aromatic carbocycles. The molecule has 0 fully saturated rings. The van der Waals surface area contributed by atoms with Gasteiger partial charge in [-0.3, -0.25) is 0 Å². The van der Waals surface area contributed by atoms with E-state index in [4.69, 9.17) is 0 Å². The molecule has 0 saturated heterocycles. The Morgan fingerprint density at radius 1 is 0.448 bits per heavy atom. The van der Waals surface area contributed by atoms with E-state index in [1.54, 1.807) is 0 Å². The zero-order valence-electron chi connectivity index (χ0n) is 20.5. The summed E-state index contributed by atoms with van der Waals surface area (Å²) in [7, 11) is 0. The van der Waals surface area contributed by atoms with E-state index in [2.05, 4.69) is 43.0 Å². The molecule has 2 heteroatoms. The molecule has 1 aliphatic heterocycles. The van der Waals surface area contributed by atoms with Gasteiger partial charge in [0.1, 0.15) is 6.17 Å². The van der Waals surface area contributed by atoms with Gasteiger partial charge in [0, 0.05) is 25.5 Å². The Morgan fingerprint density at radius 3 is 1.34 bits per heavy atom. The summed E-state index contributed by atoms with van der Waals surface area (Å²) in [5.41, 5.74) is 0. The molecule has 0 radical (unpaired) electrons. The first-order valence-electron chi connectivity index (χ1n) is 13.5. The Kier molecular flexibility index (Phi) is 17.6. The van der Waals surface area contributed by atoms with Gasteiger partial charge >= 0.3 is 0 Å². The van der Waals surface area contributed by atoms with Crippen LogP contribution in [-0.4, -0.2) is 29.1 Å². The molecule has 0 aromatic rings. The van der Waals surface area contributed by atoms with Crippen molar-refractivity contribution in [3.63, 3.8) is 0 Å². The van der Waals surface area contributed by atoms with Crippen molar-refractivity contribution in [2.24, 2.45) is 0 Å². The van der Waals surface area contributed by atoms with E-state index in [1.807, 2.05) is 0 Å². The van der Waals surface area contributed by atoms with E-state index in [1.165, 1.54) is 135 Å². The number of unbranched alkanes of at least 4 members (excludes halogenated alkanes) is 15. The molecule has 0 amide bonds. The summed E-state index contributed by atoms with van der Waals surface area (Å²) in [5, 5.41) is 0. The number of hydrogen-bond donors (Lipinski definition) is 0. The molecule has 172 valence electrons. The van der Waals surface area contributed by atoms with Crippen molar-refractivity contribution in [1.82, 2.24) is 9.80 Å². The molecule has 2 nitrogen and oxygen atoms in total. The van der Waals surface area contributed by atoms with Crippen molar-refractivity contribution in [2.75, 3.05) is 13.1 Å². The summed E-state index contributed by atoms with van der Waals surface area (Å²) in [4.78, 5) is 5.24. The van der Waals surface area contributed by atoms with E-state index >= 15 is 0 Å². The van der Waals surface area contributed by atoms with E-state index in [9.17, 15) is 0 Å². The van der Waals surface area contributed by atoms with Crippen LogP contribution >= 0.6 is 0 Å². The molecule has 0 aromatic heterocycles. The summed E-state index contributed by atoms with van der Waals surface area (Å²) in [5.74, 6) is 0. The minimum absolute atomic E-state index is 0.643. The van der Waals surface area contributed by atoms with Gasteiger partial charge in [-0.2, -0.15) is 0 Å². The lowest BCUT2D eigenvalue weighted by Crippen LogP contribution is -2.39. The topological polar surface area (TPSA) is 6.48 Å². The van der Waals surface area contributed by atoms with Crippen molar-refractivity contribution in [3.05, 3.63) is 12.4 Å². The lowest BCUT2D eigenvalue weighted by molar-refractivity contribution is 0.137. The smallest absolute Gasteiger partial charge is 0.101 e. The average molecular weight is 407 g/mol. The normalized spacial score (nSPS) is 16.3. The van der Waals surface area contributed by atoms with E-state index in [-0.39, 0.29) is 0 Å². The van der Waals surface area contributed by atoms with Crippen molar-refractivity contribution < 1.29 is 0 Å². The van der Waals surface area contributed by atoms with Gasteiger partial charge in [0.15, 0.2) is 0 Å². The standard InChI is InChI=1S/C27H54N2/c1-4-7-9-11-12-13-14-15-16-17-19-21-24-29-26-25-28(23-6-3)27(29)22-20-18-10-8-5-2/h25-27H,4-24H2,1-3H3. The van der Waals surface area contributed by atoms with Crippen molar-refractivity contribution >= 4 is 0 Å². The average Bonchev–Trinajstić information content (AvgIpc) is 3.10. The fourth-order valence-electron chi connectivity index (χ4n) is 4.66. The summed E-state index contributed by atoms with van der Waals surface area (Å²) < 4.78 is 0. The number of nitrogens with zero attached hydrogens (tertiary/aromatic N) is 2. The highest BCUT2D eigenvalue weighted by atomic mass is 15.4. The molecule has 0 bridgehead atoms. The van der Waals surface area contributed by atoms with Crippen LogP contribution in [0, 0.1) is 0 Å².